The van der Waals surface area contributed by atoms with Crippen LogP contribution in [-0.4, -0.2) is 39.2 Å². The largest absolute Gasteiger partial charge is 0.346 e. The summed E-state index contributed by atoms with van der Waals surface area (Å²) in [5, 5.41) is 0. The first-order valence-corrected chi connectivity index (χ1v) is 7.90. The number of aryl methyl sites for hydroxylation is 1. The third-order valence-corrected chi connectivity index (χ3v) is 4.48. The summed E-state index contributed by atoms with van der Waals surface area (Å²) in [6.07, 6.45) is 7.32. The molecular weight excluding hydrogens is 290 g/mol. The van der Waals surface area contributed by atoms with E-state index in [1.54, 1.807) is 29.2 Å². The van der Waals surface area contributed by atoms with E-state index in [0.717, 1.165) is 25.9 Å². The lowest BCUT2D eigenvalue weighted by atomic mass is 10.00. The second-order valence-electron chi connectivity index (χ2n) is 6.25. The van der Waals surface area contributed by atoms with Gasteiger partial charge >= 0.3 is 0 Å². The zero-order valence-corrected chi connectivity index (χ0v) is 13.5. The first-order chi connectivity index (χ1) is 11.0. The Morgan fingerprint density at radius 1 is 1.30 bits per heavy atom. The van der Waals surface area contributed by atoms with Gasteiger partial charge in [-0.25, -0.2) is 0 Å². The number of carbonyl (C=O) groups is 2. The summed E-state index contributed by atoms with van der Waals surface area (Å²) in [5.41, 5.74) is 2.43. The molecule has 120 valence electrons. The number of amides is 1. The highest BCUT2D eigenvalue weighted by Gasteiger charge is 2.28. The normalized spacial score (nSPS) is 17.5. The maximum Gasteiger partial charge on any atom is 0.270 e. The number of carbonyl (C=O) groups excluding carboxylic acids is 2. The van der Waals surface area contributed by atoms with Crippen LogP contribution in [0.25, 0.3) is 0 Å². The van der Waals surface area contributed by atoms with Gasteiger partial charge in [0, 0.05) is 44.3 Å². The summed E-state index contributed by atoms with van der Waals surface area (Å²) in [6.45, 7) is 3.06. The van der Waals surface area contributed by atoms with Crippen LogP contribution in [0.15, 0.2) is 36.8 Å². The van der Waals surface area contributed by atoms with Gasteiger partial charge in [0.05, 0.1) is 0 Å². The summed E-state index contributed by atoms with van der Waals surface area (Å²) in [7, 11) is 1.81. The molecular formula is C18H21N3O2. The first kappa shape index (κ1) is 15.5. The maximum atomic E-state index is 12.7. The zero-order chi connectivity index (χ0) is 16.4. The van der Waals surface area contributed by atoms with Gasteiger partial charge in [-0.1, -0.05) is 0 Å². The van der Waals surface area contributed by atoms with E-state index in [1.807, 2.05) is 24.1 Å². The van der Waals surface area contributed by atoms with Crippen LogP contribution in [0.1, 0.15) is 39.8 Å². The lowest BCUT2D eigenvalue weighted by Gasteiger charge is -2.17. The van der Waals surface area contributed by atoms with E-state index >= 15 is 0 Å². The smallest absolute Gasteiger partial charge is 0.270 e. The van der Waals surface area contributed by atoms with Gasteiger partial charge in [0.1, 0.15) is 5.69 Å². The number of nitrogens with zero attached hydrogens (tertiary/aromatic N) is 3. The van der Waals surface area contributed by atoms with Crippen LogP contribution in [0.2, 0.25) is 0 Å². The van der Waals surface area contributed by atoms with E-state index in [0.29, 0.717) is 17.2 Å². The van der Waals surface area contributed by atoms with Crippen molar-refractivity contribution in [2.45, 2.75) is 19.8 Å². The quantitative estimate of drug-likeness (QED) is 0.814. The second-order valence-corrected chi connectivity index (χ2v) is 6.25. The molecule has 0 aromatic carbocycles. The predicted molar refractivity (Wildman–Crippen MR) is 87.4 cm³/mol. The molecule has 5 heteroatoms. The van der Waals surface area contributed by atoms with Gasteiger partial charge in [0.25, 0.3) is 5.91 Å². The lowest BCUT2D eigenvalue weighted by Crippen LogP contribution is -2.30. The minimum atomic E-state index is -0.0170. The fourth-order valence-electron chi connectivity index (χ4n) is 3.17. The Balaban J connectivity index is 1.67. The monoisotopic (exact) mass is 311 g/mol. The van der Waals surface area contributed by atoms with Gasteiger partial charge in [-0.3, -0.25) is 14.6 Å². The van der Waals surface area contributed by atoms with Crippen molar-refractivity contribution in [3.63, 3.8) is 0 Å². The molecule has 2 aromatic rings. The highest BCUT2D eigenvalue weighted by Crippen LogP contribution is 2.23. The summed E-state index contributed by atoms with van der Waals surface area (Å²) in [5.74, 6) is 0.475. The number of hydrogen-bond donors (Lipinski definition) is 0. The Labute approximate surface area is 135 Å². The molecule has 0 saturated carbocycles. The summed E-state index contributed by atoms with van der Waals surface area (Å²) < 4.78 is 1.75. The average molecular weight is 311 g/mol. The Bertz CT molecular complexity index is 721. The van der Waals surface area contributed by atoms with Crippen LogP contribution in [0.5, 0.6) is 0 Å². The van der Waals surface area contributed by atoms with Crippen molar-refractivity contribution in [1.82, 2.24) is 14.5 Å². The van der Waals surface area contributed by atoms with Gasteiger partial charge in [0.15, 0.2) is 5.78 Å². The standard InChI is InChI=1S/C18H21N3O2/c1-13(22)16-10-17(20(2)12-16)18(23)21-8-5-15(11-21)9-14-3-6-19-7-4-14/h3-4,6-7,10,12,15H,5,8-9,11H2,1-2H3. The molecule has 0 bridgehead atoms. The molecule has 5 nitrogen and oxygen atoms in total. The van der Waals surface area contributed by atoms with Crippen molar-refractivity contribution in [2.75, 3.05) is 13.1 Å². The molecule has 1 unspecified atom stereocenters. The minimum absolute atomic E-state index is 0.0113. The van der Waals surface area contributed by atoms with E-state index < -0.39 is 0 Å². The summed E-state index contributed by atoms with van der Waals surface area (Å²) in [6, 6.07) is 5.75. The number of rotatable bonds is 4. The van der Waals surface area contributed by atoms with Gasteiger partial charge in [-0.2, -0.15) is 0 Å². The van der Waals surface area contributed by atoms with Crippen LogP contribution in [0.4, 0.5) is 0 Å². The number of Topliss-reactive ketones (excluding diaryl/α,β-unsaturated/α-hetero) is 1. The molecule has 1 fully saturated rings. The molecule has 1 saturated heterocycles. The van der Waals surface area contributed by atoms with E-state index in [2.05, 4.69) is 4.98 Å². The molecule has 2 aromatic heterocycles. The van der Waals surface area contributed by atoms with Gasteiger partial charge in [0.2, 0.25) is 0 Å². The third kappa shape index (κ3) is 3.33. The highest BCUT2D eigenvalue weighted by molar-refractivity contribution is 5.99. The number of likely N-dealkylation sites (tertiary alicyclic amines) is 1. The van der Waals surface area contributed by atoms with Crippen molar-refractivity contribution in [3.8, 4) is 0 Å². The topological polar surface area (TPSA) is 55.2 Å². The van der Waals surface area contributed by atoms with E-state index in [9.17, 15) is 9.59 Å². The number of ketones is 1. The fourth-order valence-corrected chi connectivity index (χ4v) is 3.17. The van der Waals surface area contributed by atoms with Crippen molar-refractivity contribution < 1.29 is 9.59 Å². The lowest BCUT2D eigenvalue weighted by molar-refractivity contribution is 0.0777. The third-order valence-electron chi connectivity index (χ3n) is 4.48. The maximum absolute atomic E-state index is 12.7. The molecule has 1 atom stereocenters. The van der Waals surface area contributed by atoms with Crippen molar-refractivity contribution in [3.05, 3.63) is 53.6 Å². The van der Waals surface area contributed by atoms with E-state index in [1.165, 1.54) is 12.5 Å². The van der Waals surface area contributed by atoms with Crippen molar-refractivity contribution in [2.24, 2.45) is 13.0 Å². The number of hydrogen-bond acceptors (Lipinski definition) is 3. The molecule has 1 aliphatic rings. The van der Waals surface area contributed by atoms with E-state index in [4.69, 9.17) is 0 Å². The minimum Gasteiger partial charge on any atom is -0.346 e. The molecule has 3 rings (SSSR count). The molecule has 0 radical (unpaired) electrons. The molecule has 3 heterocycles. The summed E-state index contributed by atoms with van der Waals surface area (Å²) >= 11 is 0. The van der Waals surface area contributed by atoms with Gasteiger partial charge in [-0.15, -0.1) is 0 Å². The predicted octanol–water partition coefficient (Wildman–Crippen LogP) is 2.33. The molecule has 0 aliphatic carbocycles. The molecule has 23 heavy (non-hydrogen) atoms. The molecule has 0 spiro atoms. The zero-order valence-electron chi connectivity index (χ0n) is 13.5. The van der Waals surface area contributed by atoms with Crippen molar-refractivity contribution in [1.29, 1.82) is 0 Å². The molecule has 1 aliphatic heterocycles. The van der Waals surface area contributed by atoms with Gasteiger partial charge in [-0.05, 0) is 49.4 Å². The Kier molecular flexibility index (Phi) is 4.28. The molecule has 1 amide bonds. The first-order valence-electron chi connectivity index (χ1n) is 7.90. The average Bonchev–Trinajstić information content (AvgIpc) is 3.14. The Hall–Kier alpha value is -2.43. The SMILES string of the molecule is CC(=O)c1cc(C(=O)N2CCC(Cc3ccncc3)C2)n(C)c1. The van der Waals surface area contributed by atoms with Crippen LogP contribution in [0, 0.1) is 5.92 Å². The highest BCUT2D eigenvalue weighted by atomic mass is 16.2. The van der Waals surface area contributed by atoms with Crippen LogP contribution in [0.3, 0.4) is 0 Å². The second kappa shape index (κ2) is 6.36. The van der Waals surface area contributed by atoms with Gasteiger partial charge < -0.3 is 9.47 Å². The van der Waals surface area contributed by atoms with Crippen molar-refractivity contribution >= 4 is 11.7 Å². The van der Waals surface area contributed by atoms with Crippen LogP contribution < -0.4 is 0 Å². The number of aromatic nitrogens is 2. The van der Waals surface area contributed by atoms with E-state index in [-0.39, 0.29) is 11.7 Å². The van der Waals surface area contributed by atoms with Crippen LogP contribution in [-0.2, 0) is 13.5 Å². The molecule has 0 N–H and O–H groups in total. The summed E-state index contributed by atoms with van der Waals surface area (Å²) in [4.78, 5) is 30.1. The van der Waals surface area contributed by atoms with Crippen LogP contribution >= 0.6 is 0 Å². The Morgan fingerprint density at radius 3 is 2.70 bits per heavy atom. The number of pyridine rings is 1. The Morgan fingerprint density at radius 2 is 2.04 bits per heavy atom. The fraction of sp³-hybridized carbons (Fsp3) is 0.389.